The predicted octanol–water partition coefficient (Wildman–Crippen LogP) is 0.328. The molecule has 2 fully saturated rings. The minimum absolute atomic E-state index is 0.0443. The highest BCUT2D eigenvalue weighted by Crippen LogP contribution is 2.13. The summed E-state index contributed by atoms with van der Waals surface area (Å²) in [6, 6.07) is 0. The summed E-state index contributed by atoms with van der Waals surface area (Å²) >= 11 is 0. The van der Waals surface area contributed by atoms with Crippen LogP contribution in [0.5, 0.6) is 0 Å². The van der Waals surface area contributed by atoms with Crippen molar-refractivity contribution in [1.82, 2.24) is 10.7 Å². The van der Waals surface area contributed by atoms with Gasteiger partial charge in [0.15, 0.2) is 0 Å². The average Bonchev–Trinajstić information content (AvgIpc) is 3.05. The highest BCUT2D eigenvalue weighted by atomic mass is 16.5. The van der Waals surface area contributed by atoms with E-state index < -0.39 is 11.8 Å². The molecule has 1 aliphatic heterocycles. The van der Waals surface area contributed by atoms with Gasteiger partial charge in [-0.1, -0.05) is 0 Å². The zero-order valence-electron chi connectivity index (χ0n) is 10.4. The summed E-state index contributed by atoms with van der Waals surface area (Å²) in [6.07, 6.45) is 6.04. The summed E-state index contributed by atoms with van der Waals surface area (Å²) in [5.74, 6) is -1.35. The van der Waals surface area contributed by atoms with Gasteiger partial charge in [0.05, 0.1) is 6.10 Å². The van der Waals surface area contributed by atoms with Gasteiger partial charge < -0.3 is 10.1 Å². The van der Waals surface area contributed by atoms with Crippen molar-refractivity contribution in [1.29, 1.82) is 0 Å². The molecular weight excluding hydrogens is 234 g/mol. The van der Waals surface area contributed by atoms with Crippen molar-refractivity contribution in [3.8, 4) is 0 Å². The lowest BCUT2D eigenvalue weighted by atomic mass is 10.2. The fourth-order valence-corrected chi connectivity index (χ4v) is 2.17. The van der Waals surface area contributed by atoms with Crippen LogP contribution in [0.25, 0.3) is 0 Å². The Morgan fingerprint density at radius 2 is 2.00 bits per heavy atom. The number of hydrazone groups is 1. The molecule has 1 heterocycles. The molecule has 1 aliphatic carbocycles. The molecule has 6 heteroatoms. The topological polar surface area (TPSA) is 79.8 Å². The van der Waals surface area contributed by atoms with Crippen LogP contribution in [0, 0.1) is 0 Å². The fraction of sp³-hybridized carbons (Fsp3) is 0.750. The molecule has 0 unspecified atom stereocenters. The summed E-state index contributed by atoms with van der Waals surface area (Å²) < 4.78 is 5.35. The first kappa shape index (κ1) is 13.0. The molecule has 0 aromatic carbocycles. The molecule has 0 aromatic heterocycles. The average molecular weight is 253 g/mol. The van der Waals surface area contributed by atoms with Gasteiger partial charge in [-0.2, -0.15) is 5.10 Å². The van der Waals surface area contributed by atoms with Crippen LogP contribution >= 0.6 is 0 Å². The van der Waals surface area contributed by atoms with E-state index in [1.54, 1.807) is 0 Å². The van der Waals surface area contributed by atoms with E-state index in [-0.39, 0.29) is 6.10 Å². The quantitative estimate of drug-likeness (QED) is 0.562. The number of carbonyl (C=O) groups is 2. The normalized spacial score (nSPS) is 22.9. The number of nitrogens with zero attached hydrogens (tertiary/aromatic N) is 1. The fourth-order valence-electron chi connectivity index (χ4n) is 2.17. The van der Waals surface area contributed by atoms with E-state index in [0.717, 1.165) is 50.8 Å². The second kappa shape index (κ2) is 6.49. The van der Waals surface area contributed by atoms with Crippen molar-refractivity contribution < 1.29 is 14.3 Å². The van der Waals surface area contributed by atoms with Crippen LogP contribution in [-0.2, 0) is 14.3 Å². The maximum atomic E-state index is 11.5. The summed E-state index contributed by atoms with van der Waals surface area (Å²) in [5, 5.41) is 6.50. The van der Waals surface area contributed by atoms with Gasteiger partial charge in [-0.3, -0.25) is 9.59 Å². The third-order valence-corrected chi connectivity index (χ3v) is 3.22. The molecule has 2 amide bonds. The van der Waals surface area contributed by atoms with Crippen LogP contribution in [0.1, 0.15) is 38.5 Å². The van der Waals surface area contributed by atoms with Gasteiger partial charge in [-0.25, -0.2) is 5.43 Å². The summed E-state index contributed by atoms with van der Waals surface area (Å²) in [6.45, 7) is 1.13. The molecule has 1 saturated carbocycles. The lowest BCUT2D eigenvalue weighted by Crippen LogP contribution is -2.41. The molecule has 1 atom stereocenters. The first-order valence-electron chi connectivity index (χ1n) is 6.51. The van der Waals surface area contributed by atoms with Crippen molar-refractivity contribution >= 4 is 17.5 Å². The van der Waals surface area contributed by atoms with Crippen molar-refractivity contribution in [2.45, 2.75) is 44.6 Å². The Bertz CT molecular complexity index is 340. The highest BCUT2D eigenvalue weighted by molar-refractivity contribution is 6.35. The van der Waals surface area contributed by atoms with Crippen molar-refractivity contribution in [3.05, 3.63) is 0 Å². The lowest BCUT2D eigenvalue weighted by Gasteiger charge is -2.09. The van der Waals surface area contributed by atoms with Crippen LogP contribution in [0.3, 0.4) is 0 Å². The van der Waals surface area contributed by atoms with Crippen molar-refractivity contribution in [2.24, 2.45) is 5.10 Å². The van der Waals surface area contributed by atoms with E-state index in [2.05, 4.69) is 15.8 Å². The largest absolute Gasteiger partial charge is 0.376 e. The van der Waals surface area contributed by atoms with E-state index in [1.165, 1.54) is 0 Å². The number of ether oxygens (including phenoxy) is 1. The van der Waals surface area contributed by atoms with Gasteiger partial charge in [0.25, 0.3) is 0 Å². The monoisotopic (exact) mass is 253 g/mol. The number of rotatable bonds is 3. The van der Waals surface area contributed by atoms with Crippen LogP contribution in [0.2, 0.25) is 0 Å². The Balaban J connectivity index is 1.67. The maximum Gasteiger partial charge on any atom is 0.329 e. The van der Waals surface area contributed by atoms with E-state index in [9.17, 15) is 9.59 Å². The van der Waals surface area contributed by atoms with Crippen LogP contribution in [-0.4, -0.2) is 36.8 Å². The van der Waals surface area contributed by atoms with Crippen molar-refractivity contribution in [2.75, 3.05) is 13.2 Å². The standard InChI is InChI=1S/C12H19N3O3/c16-11(13-8-10-6-3-7-18-10)12(17)15-14-9-4-1-2-5-9/h10H,1-8H2,(H,13,16)(H,15,17)/t10-/m1/s1. The minimum Gasteiger partial charge on any atom is -0.376 e. The SMILES string of the molecule is O=C(NC[C@H]1CCCO1)C(=O)NN=C1CCCC1. The second-order valence-electron chi connectivity index (χ2n) is 4.67. The third kappa shape index (κ3) is 3.80. The maximum absolute atomic E-state index is 11.5. The summed E-state index contributed by atoms with van der Waals surface area (Å²) in [4.78, 5) is 22.9. The molecule has 0 aromatic rings. The number of amides is 2. The van der Waals surface area contributed by atoms with Crippen molar-refractivity contribution in [3.63, 3.8) is 0 Å². The molecule has 18 heavy (non-hydrogen) atoms. The molecule has 6 nitrogen and oxygen atoms in total. The number of carbonyl (C=O) groups excluding carboxylic acids is 2. The number of nitrogens with one attached hydrogen (secondary N) is 2. The second-order valence-corrected chi connectivity index (χ2v) is 4.67. The lowest BCUT2D eigenvalue weighted by molar-refractivity contribution is -0.139. The van der Waals surface area contributed by atoms with Gasteiger partial charge in [0, 0.05) is 18.9 Å². The Hall–Kier alpha value is -1.43. The van der Waals surface area contributed by atoms with Crippen LogP contribution in [0.15, 0.2) is 5.10 Å². The number of hydrogen-bond acceptors (Lipinski definition) is 4. The first-order chi connectivity index (χ1) is 8.75. The zero-order chi connectivity index (χ0) is 12.8. The molecular formula is C12H19N3O3. The summed E-state index contributed by atoms with van der Waals surface area (Å²) in [5.41, 5.74) is 3.26. The molecule has 1 saturated heterocycles. The Morgan fingerprint density at radius 1 is 1.22 bits per heavy atom. The van der Waals surface area contributed by atoms with Crippen LogP contribution in [0.4, 0.5) is 0 Å². The Kier molecular flexibility index (Phi) is 4.69. The Morgan fingerprint density at radius 3 is 2.67 bits per heavy atom. The third-order valence-electron chi connectivity index (χ3n) is 3.22. The van der Waals surface area contributed by atoms with E-state index >= 15 is 0 Å². The molecule has 0 radical (unpaired) electrons. The molecule has 2 N–H and O–H groups in total. The Labute approximate surface area is 106 Å². The van der Waals surface area contributed by atoms with E-state index in [0.29, 0.717) is 6.54 Å². The molecule has 0 spiro atoms. The molecule has 100 valence electrons. The number of hydrogen-bond donors (Lipinski definition) is 2. The highest BCUT2D eigenvalue weighted by Gasteiger charge is 2.19. The van der Waals surface area contributed by atoms with Gasteiger partial charge >= 0.3 is 11.8 Å². The van der Waals surface area contributed by atoms with Crippen LogP contribution < -0.4 is 10.7 Å². The summed E-state index contributed by atoms with van der Waals surface area (Å²) in [7, 11) is 0. The van der Waals surface area contributed by atoms with E-state index in [4.69, 9.17) is 4.74 Å². The zero-order valence-corrected chi connectivity index (χ0v) is 10.4. The van der Waals surface area contributed by atoms with Gasteiger partial charge in [0.1, 0.15) is 0 Å². The predicted molar refractivity (Wildman–Crippen MR) is 66.0 cm³/mol. The van der Waals surface area contributed by atoms with E-state index in [1.807, 2.05) is 0 Å². The molecule has 2 aliphatic rings. The van der Waals surface area contributed by atoms with Gasteiger partial charge in [-0.05, 0) is 38.5 Å². The van der Waals surface area contributed by atoms with Gasteiger partial charge in [-0.15, -0.1) is 0 Å². The van der Waals surface area contributed by atoms with Gasteiger partial charge in [0.2, 0.25) is 0 Å². The molecule has 2 rings (SSSR count). The minimum atomic E-state index is -0.701. The smallest absolute Gasteiger partial charge is 0.329 e. The first-order valence-corrected chi connectivity index (χ1v) is 6.51. The molecule has 0 bridgehead atoms.